The first-order valence-corrected chi connectivity index (χ1v) is 5.57. The molecule has 0 bridgehead atoms. The molecule has 1 saturated carbocycles. The molecule has 1 saturated heterocycles. The van der Waals surface area contributed by atoms with Crippen LogP contribution in [0.2, 0.25) is 0 Å². The highest BCUT2D eigenvalue weighted by molar-refractivity contribution is 5.78. The summed E-state index contributed by atoms with van der Waals surface area (Å²) in [4.78, 5) is 13.7. The molecule has 0 aromatic carbocycles. The average Bonchev–Trinajstić information content (AvgIpc) is 2.93. The Morgan fingerprint density at radius 3 is 3.00 bits per heavy atom. The summed E-state index contributed by atoms with van der Waals surface area (Å²) in [5, 5.41) is 6.35. The van der Waals surface area contributed by atoms with Crippen molar-refractivity contribution in [3.05, 3.63) is 0 Å². The number of hydrogen-bond acceptors (Lipinski definition) is 3. The third kappa shape index (κ3) is 3.27. The van der Waals surface area contributed by atoms with Crippen molar-refractivity contribution < 1.29 is 4.79 Å². The van der Waals surface area contributed by atoms with Gasteiger partial charge in [-0.1, -0.05) is 0 Å². The third-order valence-corrected chi connectivity index (χ3v) is 2.74. The Morgan fingerprint density at radius 2 is 2.21 bits per heavy atom. The number of carbonyl (C=O) groups excluding carboxylic acids is 1. The Bertz CT molecular complexity index is 196. The second-order valence-corrected chi connectivity index (χ2v) is 4.22. The highest BCUT2D eigenvalue weighted by atomic mass is 16.2. The van der Waals surface area contributed by atoms with Gasteiger partial charge in [0.15, 0.2) is 0 Å². The summed E-state index contributed by atoms with van der Waals surface area (Å²) in [6.07, 6.45) is 3.50. The minimum absolute atomic E-state index is 0.203. The number of nitrogens with one attached hydrogen (secondary N) is 2. The largest absolute Gasteiger partial charge is 0.352 e. The maximum absolute atomic E-state index is 11.5. The van der Waals surface area contributed by atoms with E-state index < -0.39 is 0 Å². The molecule has 2 aliphatic rings. The molecule has 0 aromatic rings. The van der Waals surface area contributed by atoms with Crippen LogP contribution in [0.3, 0.4) is 0 Å². The van der Waals surface area contributed by atoms with E-state index in [1.165, 1.54) is 12.8 Å². The number of hydrogen-bond donors (Lipinski definition) is 2. The van der Waals surface area contributed by atoms with E-state index in [2.05, 4.69) is 15.5 Å². The summed E-state index contributed by atoms with van der Waals surface area (Å²) in [5.41, 5.74) is 0. The normalized spacial score (nSPS) is 24.3. The smallest absolute Gasteiger partial charge is 0.234 e. The van der Waals surface area contributed by atoms with E-state index >= 15 is 0 Å². The molecule has 2 N–H and O–H groups in total. The van der Waals surface area contributed by atoms with Crippen LogP contribution in [0.1, 0.15) is 19.3 Å². The SMILES string of the molecule is O=C(CN1CCCNCC1)NC1CC1. The van der Waals surface area contributed by atoms with Crippen LogP contribution in [0, 0.1) is 0 Å². The van der Waals surface area contributed by atoms with Gasteiger partial charge in [-0.3, -0.25) is 9.69 Å². The molecule has 1 amide bonds. The Morgan fingerprint density at radius 1 is 1.36 bits per heavy atom. The minimum Gasteiger partial charge on any atom is -0.352 e. The summed E-state index contributed by atoms with van der Waals surface area (Å²) in [7, 11) is 0. The van der Waals surface area contributed by atoms with Crippen LogP contribution in [-0.4, -0.2) is 49.6 Å². The van der Waals surface area contributed by atoms with Crippen molar-refractivity contribution in [1.82, 2.24) is 15.5 Å². The van der Waals surface area contributed by atoms with Gasteiger partial charge in [0.2, 0.25) is 5.91 Å². The van der Waals surface area contributed by atoms with Crippen molar-refractivity contribution in [2.24, 2.45) is 0 Å². The predicted molar refractivity (Wildman–Crippen MR) is 55.1 cm³/mol. The molecule has 1 aliphatic heterocycles. The average molecular weight is 197 g/mol. The van der Waals surface area contributed by atoms with Gasteiger partial charge in [-0.2, -0.15) is 0 Å². The lowest BCUT2D eigenvalue weighted by atomic mass is 10.4. The summed E-state index contributed by atoms with van der Waals surface area (Å²) < 4.78 is 0. The molecule has 80 valence electrons. The fourth-order valence-corrected chi connectivity index (χ4v) is 1.76. The van der Waals surface area contributed by atoms with Crippen LogP contribution in [0.5, 0.6) is 0 Å². The fourth-order valence-electron chi connectivity index (χ4n) is 1.76. The molecule has 0 spiro atoms. The molecule has 1 heterocycles. The molecule has 14 heavy (non-hydrogen) atoms. The molecule has 1 aliphatic carbocycles. The van der Waals surface area contributed by atoms with Crippen molar-refractivity contribution in [2.45, 2.75) is 25.3 Å². The van der Waals surface area contributed by atoms with Gasteiger partial charge in [0.1, 0.15) is 0 Å². The van der Waals surface area contributed by atoms with Crippen LogP contribution in [0.15, 0.2) is 0 Å². The van der Waals surface area contributed by atoms with Gasteiger partial charge in [-0.05, 0) is 32.4 Å². The minimum atomic E-state index is 0.203. The molecule has 4 heteroatoms. The fraction of sp³-hybridized carbons (Fsp3) is 0.900. The van der Waals surface area contributed by atoms with E-state index in [0.29, 0.717) is 12.6 Å². The summed E-state index contributed by atoms with van der Waals surface area (Å²) in [6, 6.07) is 0.493. The van der Waals surface area contributed by atoms with E-state index in [1.807, 2.05) is 0 Å². The number of amides is 1. The molecule has 2 rings (SSSR count). The Labute approximate surface area is 85.0 Å². The van der Waals surface area contributed by atoms with E-state index in [4.69, 9.17) is 0 Å². The van der Waals surface area contributed by atoms with Crippen LogP contribution >= 0.6 is 0 Å². The van der Waals surface area contributed by atoms with Crippen molar-refractivity contribution in [1.29, 1.82) is 0 Å². The Hall–Kier alpha value is -0.610. The summed E-state index contributed by atoms with van der Waals surface area (Å²) >= 11 is 0. The van der Waals surface area contributed by atoms with Crippen LogP contribution in [0.4, 0.5) is 0 Å². The Balaban J connectivity index is 1.68. The molecule has 0 radical (unpaired) electrons. The lowest BCUT2D eigenvalue weighted by Gasteiger charge is -2.18. The number of nitrogens with zero attached hydrogens (tertiary/aromatic N) is 1. The van der Waals surface area contributed by atoms with Gasteiger partial charge in [0, 0.05) is 19.1 Å². The Kier molecular flexibility index (Phi) is 3.37. The molecular weight excluding hydrogens is 178 g/mol. The van der Waals surface area contributed by atoms with Crippen molar-refractivity contribution >= 4 is 5.91 Å². The van der Waals surface area contributed by atoms with Gasteiger partial charge in [-0.15, -0.1) is 0 Å². The highest BCUT2D eigenvalue weighted by Crippen LogP contribution is 2.18. The molecule has 2 fully saturated rings. The molecule has 0 aromatic heterocycles. The predicted octanol–water partition coefficient (Wildman–Crippen LogP) is -0.440. The zero-order valence-electron chi connectivity index (χ0n) is 8.59. The van der Waals surface area contributed by atoms with Gasteiger partial charge < -0.3 is 10.6 Å². The molecule has 0 unspecified atom stereocenters. The van der Waals surface area contributed by atoms with E-state index in [-0.39, 0.29) is 5.91 Å². The molecular formula is C10H19N3O. The summed E-state index contributed by atoms with van der Waals surface area (Å²) in [6.45, 7) is 4.72. The molecule has 0 atom stereocenters. The topological polar surface area (TPSA) is 44.4 Å². The first kappa shape index (κ1) is 9.93. The zero-order valence-corrected chi connectivity index (χ0v) is 8.59. The maximum Gasteiger partial charge on any atom is 0.234 e. The third-order valence-electron chi connectivity index (χ3n) is 2.74. The zero-order chi connectivity index (χ0) is 9.80. The quantitative estimate of drug-likeness (QED) is 0.645. The lowest BCUT2D eigenvalue weighted by molar-refractivity contribution is -0.122. The van der Waals surface area contributed by atoms with Crippen LogP contribution in [-0.2, 0) is 4.79 Å². The van der Waals surface area contributed by atoms with Crippen LogP contribution in [0.25, 0.3) is 0 Å². The summed E-state index contributed by atoms with van der Waals surface area (Å²) in [5.74, 6) is 0.203. The number of rotatable bonds is 3. The van der Waals surface area contributed by atoms with Crippen molar-refractivity contribution in [2.75, 3.05) is 32.7 Å². The van der Waals surface area contributed by atoms with E-state index in [1.54, 1.807) is 0 Å². The standard InChI is InChI=1S/C10H19N3O/c14-10(12-9-2-3-9)8-13-6-1-4-11-5-7-13/h9,11H,1-8H2,(H,12,14). The van der Waals surface area contributed by atoms with E-state index in [0.717, 1.165) is 32.6 Å². The van der Waals surface area contributed by atoms with Gasteiger partial charge in [0.25, 0.3) is 0 Å². The van der Waals surface area contributed by atoms with Gasteiger partial charge in [-0.25, -0.2) is 0 Å². The number of carbonyl (C=O) groups is 1. The maximum atomic E-state index is 11.5. The van der Waals surface area contributed by atoms with Crippen molar-refractivity contribution in [3.63, 3.8) is 0 Å². The van der Waals surface area contributed by atoms with Gasteiger partial charge in [0.05, 0.1) is 6.54 Å². The first-order chi connectivity index (χ1) is 6.84. The van der Waals surface area contributed by atoms with E-state index in [9.17, 15) is 4.79 Å². The van der Waals surface area contributed by atoms with Crippen molar-refractivity contribution in [3.8, 4) is 0 Å². The van der Waals surface area contributed by atoms with Gasteiger partial charge >= 0.3 is 0 Å². The highest BCUT2D eigenvalue weighted by Gasteiger charge is 2.24. The second kappa shape index (κ2) is 4.75. The second-order valence-electron chi connectivity index (χ2n) is 4.22. The van der Waals surface area contributed by atoms with Crippen LogP contribution < -0.4 is 10.6 Å². The monoisotopic (exact) mass is 197 g/mol. The first-order valence-electron chi connectivity index (χ1n) is 5.57. The molecule has 4 nitrogen and oxygen atoms in total. The lowest BCUT2D eigenvalue weighted by Crippen LogP contribution is -2.39.